The van der Waals surface area contributed by atoms with Crippen molar-refractivity contribution in [2.45, 2.75) is 13.5 Å². The van der Waals surface area contributed by atoms with E-state index in [9.17, 15) is 5.11 Å². The number of rotatable bonds is 4. The molecule has 0 saturated carbocycles. The van der Waals surface area contributed by atoms with E-state index < -0.39 is 0 Å². The maximum Gasteiger partial charge on any atom is 0.247 e. The Morgan fingerprint density at radius 2 is 2.09 bits per heavy atom. The van der Waals surface area contributed by atoms with Crippen molar-refractivity contribution in [2.24, 2.45) is 0 Å². The lowest BCUT2D eigenvalue weighted by molar-refractivity contribution is 0.282. The minimum Gasteiger partial charge on any atom is -0.476 e. The Labute approximate surface area is 137 Å². The minimum absolute atomic E-state index is 0.0725. The molecular formula is C15H14ClN5O2. The van der Waals surface area contributed by atoms with E-state index in [1.165, 1.54) is 0 Å². The summed E-state index contributed by atoms with van der Waals surface area (Å²) >= 11 is 6.23. The molecule has 2 aromatic heterocycles. The van der Waals surface area contributed by atoms with Crippen LogP contribution in [-0.4, -0.2) is 31.6 Å². The fourth-order valence-corrected chi connectivity index (χ4v) is 2.35. The van der Waals surface area contributed by atoms with Gasteiger partial charge in [0.15, 0.2) is 11.2 Å². The molecule has 0 unspecified atom stereocenters. The van der Waals surface area contributed by atoms with E-state index >= 15 is 0 Å². The number of nitrogen functional groups attached to an aromatic ring is 1. The summed E-state index contributed by atoms with van der Waals surface area (Å²) in [5.41, 5.74) is 8.32. The smallest absolute Gasteiger partial charge is 0.247 e. The number of fused-ring (bicyclic) bond motifs is 1. The van der Waals surface area contributed by atoms with Crippen LogP contribution in [0, 0.1) is 0 Å². The highest BCUT2D eigenvalue weighted by Gasteiger charge is 2.14. The highest BCUT2D eigenvalue weighted by molar-refractivity contribution is 6.33. The second-order valence-corrected chi connectivity index (χ2v) is 5.13. The first-order valence-corrected chi connectivity index (χ1v) is 7.33. The molecule has 118 valence electrons. The first-order chi connectivity index (χ1) is 11.1. The second kappa shape index (κ2) is 6.31. The Balaban J connectivity index is 2.20. The number of aliphatic hydroxyl groups is 1. The summed E-state index contributed by atoms with van der Waals surface area (Å²) in [6, 6.07) is 5.21. The molecule has 1 aromatic carbocycles. The Bertz CT molecular complexity index is 872. The van der Waals surface area contributed by atoms with Gasteiger partial charge in [0.05, 0.1) is 30.1 Å². The molecule has 0 saturated heterocycles. The van der Waals surface area contributed by atoms with Gasteiger partial charge in [0.1, 0.15) is 0 Å². The first-order valence-electron chi connectivity index (χ1n) is 6.95. The summed E-state index contributed by atoms with van der Waals surface area (Å²) in [6.45, 7) is 2.16. The first kappa shape index (κ1) is 15.4. The molecule has 0 aliphatic rings. The van der Waals surface area contributed by atoms with Gasteiger partial charge in [0.25, 0.3) is 0 Å². The average molecular weight is 332 g/mol. The molecule has 0 bridgehead atoms. The normalized spacial score (nSPS) is 10.9. The molecule has 8 heteroatoms. The number of aromatic nitrogens is 4. The van der Waals surface area contributed by atoms with E-state index in [0.29, 0.717) is 34.1 Å². The van der Waals surface area contributed by atoms with E-state index in [1.807, 2.05) is 6.92 Å². The van der Waals surface area contributed by atoms with E-state index in [0.717, 1.165) is 5.56 Å². The van der Waals surface area contributed by atoms with E-state index in [-0.39, 0.29) is 18.4 Å². The summed E-state index contributed by atoms with van der Waals surface area (Å²) in [7, 11) is 0. The monoisotopic (exact) mass is 331 g/mol. The van der Waals surface area contributed by atoms with Crippen molar-refractivity contribution in [3.05, 3.63) is 35.0 Å². The topological polar surface area (TPSA) is 107 Å². The molecule has 23 heavy (non-hydrogen) atoms. The van der Waals surface area contributed by atoms with Crippen molar-refractivity contribution in [3.63, 3.8) is 0 Å². The summed E-state index contributed by atoms with van der Waals surface area (Å²) in [5, 5.41) is 9.79. The second-order valence-electron chi connectivity index (χ2n) is 4.72. The molecule has 2 heterocycles. The van der Waals surface area contributed by atoms with E-state index in [4.69, 9.17) is 22.1 Å². The number of hydrogen-bond acceptors (Lipinski definition) is 7. The summed E-state index contributed by atoms with van der Waals surface area (Å²) < 4.78 is 5.46. The molecule has 0 aliphatic heterocycles. The molecular weight excluding hydrogens is 318 g/mol. The molecule has 0 radical (unpaired) electrons. The van der Waals surface area contributed by atoms with Gasteiger partial charge in [-0.2, -0.15) is 9.97 Å². The lowest BCUT2D eigenvalue weighted by atomic mass is 10.1. The highest BCUT2D eigenvalue weighted by atomic mass is 35.5. The van der Waals surface area contributed by atoms with Gasteiger partial charge in [0.2, 0.25) is 11.8 Å². The van der Waals surface area contributed by atoms with Gasteiger partial charge in [-0.15, -0.1) is 0 Å². The number of ether oxygens (including phenoxy) is 1. The fraction of sp³-hybridized carbons (Fsp3) is 0.200. The third-order valence-electron chi connectivity index (χ3n) is 3.16. The molecule has 7 nitrogen and oxygen atoms in total. The van der Waals surface area contributed by atoms with Crippen LogP contribution in [-0.2, 0) is 6.61 Å². The minimum atomic E-state index is -0.0883. The molecule has 0 amide bonds. The summed E-state index contributed by atoms with van der Waals surface area (Å²) in [4.78, 5) is 16.9. The van der Waals surface area contributed by atoms with Crippen molar-refractivity contribution in [1.82, 2.24) is 19.9 Å². The number of aliphatic hydroxyl groups excluding tert-OH is 1. The van der Waals surface area contributed by atoms with Crippen molar-refractivity contribution in [1.29, 1.82) is 0 Å². The molecule has 3 N–H and O–H groups in total. The van der Waals surface area contributed by atoms with Crippen LogP contribution in [0.25, 0.3) is 22.4 Å². The molecule has 0 atom stereocenters. The standard InChI is InChI=1S/C15H14ClN5O2/c1-2-23-14-12-13(20-15(17)21-14)18-6-11(19-12)9-5-8(7-22)3-4-10(9)16/h3-6,22H,2,7H2,1H3,(H2,17,18,20,21). The predicted octanol–water partition coefficient (Wildman–Crippen LogP) is 2.21. The third-order valence-corrected chi connectivity index (χ3v) is 3.49. The molecule has 0 aliphatic carbocycles. The zero-order valence-corrected chi connectivity index (χ0v) is 13.1. The molecule has 0 spiro atoms. The van der Waals surface area contributed by atoms with Gasteiger partial charge >= 0.3 is 0 Å². The Morgan fingerprint density at radius 3 is 2.83 bits per heavy atom. The number of nitrogens with two attached hydrogens (primary N) is 1. The number of halogens is 1. The van der Waals surface area contributed by atoms with Crippen molar-refractivity contribution >= 4 is 28.7 Å². The van der Waals surface area contributed by atoms with Crippen LogP contribution in [0.3, 0.4) is 0 Å². The highest BCUT2D eigenvalue weighted by Crippen LogP contribution is 2.29. The quantitative estimate of drug-likeness (QED) is 0.754. The van der Waals surface area contributed by atoms with Crippen LogP contribution < -0.4 is 10.5 Å². The van der Waals surface area contributed by atoms with Gasteiger partial charge in [-0.25, -0.2) is 9.97 Å². The van der Waals surface area contributed by atoms with Crippen LogP contribution in [0.15, 0.2) is 24.4 Å². The summed E-state index contributed by atoms with van der Waals surface area (Å²) in [5.74, 6) is 0.349. The van der Waals surface area contributed by atoms with Crippen LogP contribution in [0.5, 0.6) is 5.88 Å². The van der Waals surface area contributed by atoms with Crippen LogP contribution >= 0.6 is 11.6 Å². The maximum atomic E-state index is 9.28. The fourth-order valence-electron chi connectivity index (χ4n) is 2.13. The predicted molar refractivity (Wildman–Crippen MR) is 87.1 cm³/mol. The lowest BCUT2D eigenvalue weighted by Crippen LogP contribution is -2.04. The maximum absolute atomic E-state index is 9.28. The van der Waals surface area contributed by atoms with Gasteiger partial charge in [-0.05, 0) is 24.6 Å². The van der Waals surface area contributed by atoms with Crippen molar-refractivity contribution < 1.29 is 9.84 Å². The molecule has 3 aromatic rings. The SMILES string of the molecule is CCOc1nc(N)nc2ncc(-c3cc(CO)ccc3Cl)nc12. The zero-order valence-electron chi connectivity index (χ0n) is 12.3. The van der Waals surface area contributed by atoms with Gasteiger partial charge < -0.3 is 15.6 Å². The van der Waals surface area contributed by atoms with Crippen LogP contribution in [0.1, 0.15) is 12.5 Å². The van der Waals surface area contributed by atoms with E-state index in [1.54, 1.807) is 24.4 Å². The van der Waals surface area contributed by atoms with Crippen molar-refractivity contribution in [3.8, 4) is 17.1 Å². The summed E-state index contributed by atoms with van der Waals surface area (Å²) in [6.07, 6.45) is 1.55. The zero-order chi connectivity index (χ0) is 16.4. The Kier molecular flexibility index (Phi) is 4.22. The number of hydrogen-bond donors (Lipinski definition) is 2. The van der Waals surface area contributed by atoms with Gasteiger partial charge in [-0.3, -0.25) is 0 Å². The number of benzene rings is 1. The third kappa shape index (κ3) is 3.01. The van der Waals surface area contributed by atoms with Gasteiger partial charge in [-0.1, -0.05) is 17.7 Å². The van der Waals surface area contributed by atoms with Crippen LogP contribution in [0.2, 0.25) is 5.02 Å². The van der Waals surface area contributed by atoms with E-state index in [2.05, 4.69) is 19.9 Å². The Hall–Kier alpha value is -2.51. The average Bonchev–Trinajstić information content (AvgIpc) is 2.55. The number of anilines is 1. The molecule has 0 fully saturated rings. The van der Waals surface area contributed by atoms with Crippen molar-refractivity contribution in [2.75, 3.05) is 12.3 Å². The molecule has 3 rings (SSSR count). The van der Waals surface area contributed by atoms with Crippen LogP contribution in [0.4, 0.5) is 5.95 Å². The lowest BCUT2D eigenvalue weighted by Gasteiger charge is -2.09. The van der Waals surface area contributed by atoms with Gasteiger partial charge in [0, 0.05) is 5.56 Å². The number of nitrogens with zero attached hydrogens (tertiary/aromatic N) is 4. The largest absolute Gasteiger partial charge is 0.476 e. The Morgan fingerprint density at radius 1 is 1.26 bits per heavy atom.